The summed E-state index contributed by atoms with van der Waals surface area (Å²) in [4.78, 5) is 11.8. The number of hydrogen-bond donors (Lipinski definition) is 1. The fraction of sp³-hybridized carbons (Fsp3) is 0.923. The van der Waals surface area contributed by atoms with Crippen molar-refractivity contribution in [3.8, 4) is 0 Å². The lowest BCUT2D eigenvalue weighted by molar-refractivity contribution is -0.148. The Bertz CT molecular complexity index is 233. The fourth-order valence-electron chi connectivity index (χ4n) is 1.83. The Labute approximate surface area is 110 Å². The fourth-order valence-corrected chi connectivity index (χ4v) is 3.00. The Morgan fingerprint density at radius 1 is 1.41 bits per heavy atom. The monoisotopic (exact) mass is 261 g/mol. The first-order valence-corrected chi connectivity index (χ1v) is 7.35. The van der Waals surface area contributed by atoms with E-state index in [4.69, 9.17) is 4.74 Å². The number of rotatable bonds is 8. The molecule has 1 N–H and O–H groups in total. The highest BCUT2D eigenvalue weighted by Crippen LogP contribution is 2.24. The van der Waals surface area contributed by atoms with E-state index in [0.717, 1.165) is 18.7 Å². The zero-order valence-electron chi connectivity index (χ0n) is 12.0. The normalized spacial score (nSPS) is 16.6. The van der Waals surface area contributed by atoms with Crippen LogP contribution in [0.4, 0.5) is 0 Å². The van der Waals surface area contributed by atoms with E-state index in [1.165, 1.54) is 7.11 Å². The van der Waals surface area contributed by atoms with Crippen LogP contribution in [0.2, 0.25) is 0 Å². The average molecular weight is 261 g/mol. The number of likely N-dealkylation sites (N-methyl/N-ethyl adjacent to an activating group) is 1. The van der Waals surface area contributed by atoms with E-state index in [1.54, 1.807) is 0 Å². The number of carbonyl (C=O) groups excluding carboxylic acids is 1. The first-order chi connectivity index (χ1) is 7.85. The van der Waals surface area contributed by atoms with Gasteiger partial charge in [0.1, 0.15) is 5.54 Å². The Morgan fingerprint density at radius 2 is 2.00 bits per heavy atom. The van der Waals surface area contributed by atoms with Gasteiger partial charge in [-0.2, -0.15) is 11.8 Å². The van der Waals surface area contributed by atoms with Crippen LogP contribution >= 0.6 is 11.8 Å². The molecule has 2 unspecified atom stereocenters. The topological polar surface area (TPSA) is 38.3 Å². The van der Waals surface area contributed by atoms with Crippen LogP contribution in [-0.2, 0) is 9.53 Å². The lowest BCUT2D eigenvalue weighted by atomic mass is 9.96. The minimum atomic E-state index is -0.563. The van der Waals surface area contributed by atoms with Crippen LogP contribution in [0.25, 0.3) is 0 Å². The zero-order valence-corrected chi connectivity index (χ0v) is 12.8. The standard InChI is InChI=1S/C13H27NO2S/c1-7-14-13(5,12(15)16-6)8-11(4)17-9-10(2)3/h10-11,14H,7-9H2,1-6H3. The molecule has 0 aromatic rings. The molecule has 3 nitrogen and oxygen atoms in total. The molecule has 0 aromatic carbocycles. The molecule has 0 aliphatic heterocycles. The van der Waals surface area contributed by atoms with Crippen molar-refractivity contribution in [1.29, 1.82) is 0 Å². The van der Waals surface area contributed by atoms with E-state index >= 15 is 0 Å². The molecule has 0 aromatic heterocycles. The first-order valence-electron chi connectivity index (χ1n) is 6.30. The van der Waals surface area contributed by atoms with Crippen LogP contribution in [-0.4, -0.2) is 36.2 Å². The summed E-state index contributed by atoms with van der Waals surface area (Å²) in [5, 5.41) is 3.69. The SMILES string of the molecule is CCNC(C)(CC(C)SCC(C)C)C(=O)OC. The van der Waals surface area contributed by atoms with Crippen LogP contribution in [0.5, 0.6) is 0 Å². The third-order valence-corrected chi connectivity index (χ3v) is 4.21. The third kappa shape index (κ3) is 6.32. The van der Waals surface area contributed by atoms with E-state index in [9.17, 15) is 4.79 Å². The maximum absolute atomic E-state index is 11.8. The van der Waals surface area contributed by atoms with Crippen LogP contribution in [0.3, 0.4) is 0 Å². The predicted octanol–water partition coefficient (Wildman–Crippen LogP) is 2.70. The van der Waals surface area contributed by atoms with E-state index in [-0.39, 0.29) is 5.97 Å². The van der Waals surface area contributed by atoms with Gasteiger partial charge in [0.15, 0.2) is 0 Å². The molecular weight excluding hydrogens is 234 g/mol. The molecule has 0 aliphatic rings. The third-order valence-electron chi connectivity index (χ3n) is 2.61. The van der Waals surface area contributed by atoms with E-state index < -0.39 is 5.54 Å². The molecule has 0 rings (SSSR count). The van der Waals surface area contributed by atoms with Gasteiger partial charge in [0.25, 0.3) is 0 Å². The van der Waals surface area contributed by atoms with Crippen LogP contribution < -0.4 is 5.32 Å². The molecule has 0 fully saturated rings. The number of carbonyl (C=O) groups is 1. The molecular formula is C13H27NO2S. The van der Waals surface area contributed by atoms with E-state index in [1.807, 2.05) is 25.6 Å². The minimum absolute atomic E-state index is 0.170. The second kappa shape index (κ2) is 7.98. The largest absolute Gasteiger partial charge is 0.468 e. The number of ether oxygens (including phenoxy) is 1. The van der Waals surface area contributed by atoms with Gasteiger partial charge in [-0.1, -0.05) is 27.7 Å². The van der Waals surface area contributed by atoms with Crippen LogP contribution in [0.15, 0.2) is 0 Å². The summed E-state index contributed by atoms with van der Waals surface area (Å²) in [6.45, 7) is 11.3. The summed E-state index contributed by atoms with van der Waals surface area (Å²) < 4.78 is 4.88. The molecule has 2 atom stereocenters. The summed E-state index contributed by atoms with van der Waals surface area (Å²) in [6, 6.07) is 0. The van der Waals surface area contributed by atoms with Crippen molar-refractivity contribution in [3.63, 3.8) is 0 Å². The number of esters is 1. The van der Waals surface area contributed by atoms with Gasteiger partial charge >= 0.3 is 5.97 Å². The number of nitrogens with one attached hydrogen (secondary N) is 1. The van der Waals surface area contributed by atoms with Crippen molar-refractivity contribution < 1.29 is 9.53 Å². The molecule has 0 aliphatic carbocycles. The van der Waals surface area contributed by atoms with Gasteiger partial charge in [-0.25, -0.2) is 0 Å². The second-order valence-electron chi connectivity index (χ2n) is 5.10. The lowest BCUT2D eigenvalue weighted by Crippen LogP contribution is -2.51. The Kier molecular flexibility index (Phi) is 7.88. The van der Waals surface area contributed by atoms with Crippen molar-refractivity contribution in [1.82, 2.24) is 5.32 Å². The van der Waals surface area contributed by atoms with Crippen molar-refractivity contribution >= 4 is 17.7 Å². The van der Waals surface area contributed by atoms with Crippen molar-refractivity contribution in [2.45, 2.75) is 51.8 Å². The van der Waals surface area contributed by atoms with Gasteiger partial charge in [-0.05, 0) is 31.6 Å². The molecule has 0 saturated carbocycles. The van der Waals surface area contributed by atoms with Gasteiger partial charge < -0.3 is 10.1 Å². The van der Waals surface area contributed by atoms with Gasteiger partial charge in [0, 0.05) is 5.25 Å². The lowest BCUT2D eigenvalue weighted by Gasteiger charge is -2.30. The van der Waals surface area contributed by atoms with Gasteiger partial charge in [-0.15, -0.1) is 0 Å². The van der Waals surface area contributed by atoms with Crippen molar-refractivity contribution in [2.75, 3.05) is 19.4 Å². The predicted molar refractivity (Wildman–Crippen MR) is 75.5 cm³/mol. The van der Waals surface area contributed by atoms with Gasteiger partial charge in [-0.3, -0.25) is 4.79 Å². The molecule has 0 radical (unpaired) electrons. The highest BCUT2D eigenvalue weighted by atomic mass is 32.2. The quantitative estimate of drug-likeness (QED) is 0.682. The first kappa shape index (κ1) is 16.8. The van der Waals surface area contributed by atoms with Crippen LogP contribution in [0, 0.1) is 5.92 Å². The maximum Gasteiger partial charge on any atom is 0.325 e. The number of thioether (sulfide) groups is 1. The second-order valence-corrected chi connectivity index (χ2v) is 6.57. The highest BCUT2D eigenvalue weighted by Gasteiger charge is 2.34. The number of hydrogen-bond acceptors (Lipinski definition) is 4. The van der Waals surface area contributed by atoms with E-state index in [0.29, 0.717) is 11.2 Å². The molecule has 4 heteroatoms. The van der Waals surface area contributed by atoms with Crippen molar-refractivity contribution in [3.05, 3.63) is 0 Å². The molecule has 0 saturated heterocycles. The summed E-state index contributed by atoms with van der Waals surface area (Å²) in [6.07, 6.45) is 0.797. The maximum atomic E-state index is 11.8. The smallest absolute Gasteiger partial charge is 0.325 e. The zero-order chi connectivity index (χ0) is 13.5. The van der Waals surface area contributed by atoms with E-state index in [2.05, 4.69) is 26.1 Å². The summed E-state index contributed by atoms with van der Waals surface area (Å²) in [5.74, 6) is 1.65. The van der Waals surface area contributed by atoms with Crippen molar-refractivity contribution in [2.24, 2.45) is 5.92 Å². The molecule has 0 heterocycles. The van der Waals surface area contributed by atoms with Gasteiger partial charge in [0.2, 0.25) is 0 Å². The minimum Gasteiger partial charge on any atom is -0.468 e. The highest BCUT2D eigenvalue weighted by molar-refractivity contribution is 7.99. The molecule has 102 valence electrons. The molecule has 0 bridgehead atoms. The average Bonchev–Trinajstić information content (AvgIpc) is 2.25. The summed E-state index contributed by atoms with van der Waals surface area (Å²) in [7, 11) is 1.45. The Hall–Kier alpha value is -0.220. The number of methoxy groups -OCH3 is 1. The molecule has 0 spiro atoms. The summed E-state index contributed by atoms with van der Waals surface area (Å²) >= 11 is 1.92. The Balaban J connectivity index is 4.37. The molecule has 17 heavy (non-hydrogen) atoms. The Morgan fingerprint density at radius 3 is 2.41 bits per heavy atom. The molecule has 0 amide bonds. The van der Waals surface area contributed by atoms with Crippen LogP contribution in [0.1, 0.15) is 41.0 Å². The van der Waals surface area contributed by atoms with Gasteiger partial charge in [0.05, 0.1) is 7.11 Å². The summed E-state index contributed by atoms with van der Waals surface area (Å²) in [5.41, 5.74) is -0.563.